The van der Waals surface area contributed by atoms with Crippen LogP contribution in [0.1, 0.15) is 41.1 Å². The molecule has 90 valence electrons. The van der Waals surface area contributed by atoms with E-state index in [1.165, 1.54) is 30.6 Å². The molecule has 0 saturated carbocycles. The topological polar surface area (TPSA) is 21.3 Å². The molecule has 1 aromatic heterocycles. The van der Waals surface area contributed by atoms with Gasteiger partial charge in [-0.05, 0) is 43.9 Å². The third-order valence-corrected chi connectivity index (χ3v) is 4.43. The molecule has 0 aromatic carbocycles. The number of fused-ring (bicyclic) bond motifs is 1. The number of nitrogens with one attached hydrogen (secondary N) is 1. The first-order valence-corrected chi connectivity index (χ1v) is 7.00. The first-order chi connectivity index (χ1) is 7.85. The molecule has 1 heterocycles. The molecule has 0 spiro atoms. The van der Waals surface area contributed by atoms with E-state index >= 15 is 0 Å². The summed E-state index contributed by atoms with van der Waals surface area (Å²) in [6.45, 7) is 4.04. The van der Waals surface area contributed by atoms with Gasteiger partial charge in [-0.2, -0.15) is 0 Å². The summed E-state index contributed by atoms with van der Waals surface area (Å²) in [5.41, 5.74) is 1.58. The maximum absolute atomic E-state index is 5.30. The van der Waals surface area contributed by atoms with Gasteiger partial charge in [0.15, 0.2) is 0 Å². The van der Waals surface area contributed by atoms with Gasteiger partial charge in [-0.25, -0.2) is 0 Å². The normalized spacial score (nSPS) is 16.4. The Morgan fingerprint density at radius 2 is 2.38 bits per heavy atom. The lowest BCUT2D eigenvalue weighted by atomic mass is 10.2. The van der Waals surface area contributed by atoms with Crippen molar-refractivity contribution in [3.05, 3.63) is 21.4 Å². The van der Waals surface area contributed by atoms with Crippen LogP contribution in [0.15, 0.2) is 6.07 Å². The van der Waals surface area contributed by atoms with Crippen LogP contribution < -0.4 is 5.32 Å². The number of hydrogen-bond donors (Lipinski definition) is 1. The summed E-state index contributed by atoms with van der Waals surface area (Å²) >= 11 is 1.98. The van der Waals surface area contributed by atoms with E-state index in [4.69, 9.17) is 4.74 Å². The molecule has 2 nitrogen and oxygen atoms in total. The Bertz CT molecular complexity index is 313. The van der Waals surface area contributed by atoms with Gasteiger partial charge in [0.2, 0.25) is 0 Å². The molecule has 1 atom stereocenters. The number of methoxy groups -OCH3 is 1. The van der Waals surface area contributed by atoms with Crippen LogP contribution in [0.2, 0.25) is 0 Å². The summed E-state index contributed by atoms with van der Waals surface area (Å²) in [4.78, 5) is 3.06. The fraction of sp³-hybridized carbons (Fsp3) is 0.692. The van der Waals surface area contributed by atoms with Crippen molar-refractivity contribution in [1.82, 2.24) is 5.32 Å². The molecule has 1 aromatic rings. The fourth-order valence-electron chi connectivity index (χ4n) is 2.25. The highest BCUT2D eigenvalue weighted by molar-refractivity contribution is 7.12. The van der Waals surface area contributed by atoms with Crippen molar-refractivity contribution in [2.24, 2.45) is 0 Å². The van der Waals surface area contributed by atoms with Crippen molar-refractivity contribution >= 4 is 11.3 Å². The molecule has 2 rings (SSSR count). The summed E-state index contributed by atoms with van der Waals surface area (Å²) in [6.07, 6.45) is 5.08. The van der Waals surface area contributed by atoms with Gasteiger partial charge in [0, 0.05) is 16.9 Å². The van der Waals surface area contributed by atoms with Crippen LogP contribution in [0.25, 0.3) is 0 Å². The number of hydrogen-bond acceptors (Lipinski definition) is 3. The predicted molar refractivity (Wildman–Crippen MR) is 69.3 cm³/mol. The fourth-order valence-corrected chi connectivity index (χ4v) is 3.57. The first kappa shape index (κ1) is 12.1. The van der Waals surface area contributed by atoms with Crippen molar-refractivity contribution in [2.75, 3.05) is 20.3 Å². The molecule has 3 heteroatoms. The quantitative estimate of drug-likeness (QED) is 0.824. The average molecular weight is 239 g/mol. The highest BCUT2D eigenvalue weighted by atomic mass is 32.1. The number of rotatable bonds is 6. The highest BCUT2D eigenvalue weighted by Gasteiger charge is 2.19. The zero-order chi connectivity index (χ0) is 11.4. The second kappa shape index (κ2) is 5.80. The van der Waals surface area contributed by atoms with Crippen LogP contribution in [-0.2, 0) is 17.6 Å². The Balaban J connectivity index is 2.05. The minimum atomic E-state index is 0.389. The van der Waals surface area contributed by atoms with Crippen molar-refractivity contribution in [3.8, 4) is 0 Å². The van der Waals surface area contributed by atoms with Gasteiger partial charge in [0.25, 0.3) is 0 Å². The van der Waals surface area contributed by atoms with Crippen molar-refractivity contribution in [1.29, 1.82) is 0 Å². The monoisotopic (exact) mass is 239 g/mol. The van der Waals surface area contributed by atoms with Crippen LogP contribution in [0, 0.1) is 0 Å². The van der Waals surface area contributed by atoms with E-state index in [1.807, 2.05) is 11.3 Å². The largest absolute Gasteiger partial charge is 0.383 e. The Kier molecular flexibility index (Phi) is 4.38. The number of aryl methyl sites for hydroxylation is 2. The summed E-state index contributed by atoms with van der Waals surface area (Å²) in [7, 11) is 1.78. The molecular formula is C13H21NOS. The van der Waals surface area contributed by atoms with Crippen LogP contribution >= 0.6 is 11.3 Å². The third-order valence-electron chi connectivity index (χ3n) is 3.08. The molecule has 0 fully saturated rings. The SMILES string of the molecule is CCCNC(COC)c1cc2c(s1)CCC2. The maximum Gasteiger partial charge on any atom is 0.0665 e. The lowest BCUT2D eigenvalue weighted by molar-refractivity contribution is 0.168. The Labute approximate surface area is 102 Å². The van der Waals surface area contributed by atoms with E-state index in [2.05, 4.69) is 18.3 Å². The van der Waals surface area contributed by atoms with Gasteiger partial charge in [0.1, 0.15) is 0 Å². The van der Waals surface area contributed by atoms with Crippen LogP contribution in [0.4, 0.5) is 0 Å². The van der Waals surface area contributed by atoms with Crippen molar-refractivity contribution in [2.45, 2.75) is 38.6 Å². The van der Waals surface area contributed by atoms with Gasteiger partial charge < -0.3 is 10.1 Å². The summed E-state index contributed by atoms with van der Waals surface area (Å²) in [5, 5.41) is 3.56. The molecule has 0 radical (unpaired) electrons. The van der Waals surface area contributed by atoms with Gasteiger partial charge in [0.05, 0.1) is 12.6 Å². The standard InChI is InChI=1S/C13H21NOS/c1-3-7-14-11(9-15-2)13-8-10-5-4-6-12(10)16-13/h8,11,14H,3-7,9H2,1-2H3. The molecule has 1 unspecified atom stereocenters. The Morgan fingerprint density at radius 3 is 3.06 bits per heavy atom. The minimum Gasteiger partial charge on any atom is -0.383 e. The molecule has 16 heavy (non-hydrogen) atoms. The summed E-state index contributed by atoms with van der Waals surface area (Å²) in [6, 6.07) is 2.78. The van der Waals surface area contributed by atoms with E-state index < -0.39 is 0 Å². The molecule has 0 aliphatic heterocycles. The lowest BCUT2D eigenvalue weighted by Gasteiger charge is -2.16. The summed E-state index contributed by atoms with van der Waals surface area (Å²) < 4.78 is 5.30. The van der Waals surface area contributed by atoms with Gasteiger partial charge in [-0.1, -0.05) is 6.92 Å². The lowest BCUT2D eigenvalue weighted by Crippen LogP contribution is -2.25. The van der Waals surface area contributed by atoms with E-state index in [9.17, 15) is 0 Å². The number of ether oxygens (including phenoxy) is 1. The van der Waals surface area contributed by atoms with Crippen LogP contribution in [0.3, 0.4) is 0 Å². The maximum atomic E-state index is 5.30. The molecule has 0 saturated heterocycles. The van der Waals surface area contributed by atoms with E-state index in [-0.39, 0.29) is 0 Å². The molecular weight excluding hydrogens is 218 g/mol. The Morgan fingerprint density at radius 1 is 1.50 bits per heavy atom. The molecule has 1 aliphatic rings. The van der Waals surface area contributed by atoms with Gasteiger partial charge in [-0.3, -0.25) is 0 Å². The van der Waals surface area contributed by atoms with Crippen LogP contribution in [-0.4, -0.2) is 20.3 Å². The molecule has 0 bridgehead atoms. The number of thiophene rings is 1. The molecule has 1 N–H and O–H groups in total. The Hall–Kier alpha value is -0.380. The van der Waals surface area contributed by atoms with E-state index in [1.54, 1.807) is 17.6 Å². The molecule has 0 amide bonds. The van der Waals surface area contributed by atoms with Crippen LogP contribution in [0.5, 0.6) is 0 Å². The van der Waals surface area contributed by atoms with Gasteiger partial charge in [-0.15, -0.1) is 11.3 Å². The highest BCUT2D eigenvalue weighted by Crippen LogP contribution is 2.33. The summed E-state index contributed by atoms with van der Waals surface area (Å²) in [5.74, 6) is 0. The smallest absolute Gasteiger partial charge is 0.0665 e. The first-order valence-electron chi connectivity index (χ1n) is 6.19. The predicted octanol–water partition coefficient (Wildman–Crippen LogP) is 2.92. The van der Waals surface area contributed by atoms with E-state index in [0.717, 1.165) is 13.2 Å². The zero-order valence-corrected chi connectivity index (χ0v) is 11.0. The van der Waals surface area contributed by atoms with E-state index in [0.29, 0.717) is 6.04 Å². The minimum absolute atomic E-state index is 0.389. The van der Waals surface area contributed by atoms with Crippen molar-refractivity contribution < 1.29 is 4.74 Å². The zero-order valence-electron chi connectivity index (χ0n) is 10.2. The second-order valence-electron chi connectivity index (χ2n) is 4.41. The van der Waals surface area contributed by atoms with Gasteiger partial charge >= 0.3 is 0 Å². The molecule has 1 aliphatic carbocycles. The average Bonchev–Trinajstić information content (AvgIpc) is 2.84. The second-order valence-corrected chi connectivity index (χ2v) is 5.58. The third kappa shape index (κ3) is 2.65. The van der Waals surface area contributed by atoms with Crippen molar-refractivity contribution in [3.63, 3.8) is 0 Å².